The number of aliphatic carboxylic acids is 1. The molecule has 2 amide bonds. The first kappa shape index (κ1) is 14.1. The van der Waals surface area contributed by atoms with Crippen LogP contribution in [0.1, 0.15) is 44.9 Å². The van der Waals surface area contributed by atoms with Crippen molar-refractivity contribution >= 4 is 12.0 Å². The van der Waals surface area contributed by atoms with Crippen LogP contribution < -0.4 is 5.32 Å². The summed E-state index contributed by atoms with van der Waals surface area (Å²) < 4.78 is 0. The van der Waals surface area contributed by atoms with E-state index in [1.165, 1.54) is 4.90 Å². The highest BCUT2D eigenvalue weighted by Gasteiger charge is 2.46. The number of urea groups is 1. The molecule has 0 aromatic carbocycles. The summed E-state index contributed by atoms with van der Waals surface area (Å²) in [5.41, 5.74) is -1.90. The topological polar surface area (TPSA) is 89.9 Å². The van der Waals surface area contributed by atoms with E-state index in [1.54, 1.807) is 7.05 Å². The molecule has 0 aromatic rings. The van der Waals surface area contributed by atoms with Crippen molar-refractivity contribution in [1.29, 1.82) is 0 Å². The minimum absolute atomic E-state index is 0.258. The van der Waals surface area contributed by atoms with Crippen molar-refractivity contribution in [1.82, 2.24) is 10.2 Å². The lowest BCUT2D eigenvalue weighted by atomic mass is 9.77. The van der Waals surface area contributed by atoms with Gasteiger partial charge in [-0.2, -0.15) is 0 Å². The van der Waals surface area contributed by atoms with Crippen LogP contribution in [-0.2, 0) is 4.79 Å². The van der Waals surface area contributed by atoms with Gasteiger partial charge in [0.1, 0.15) is 5.54 Å². The molecular formula is C13H22N2O4. The molecule has 2 rings (SSSR count). The predicted molar refractivity (Wildman–Crippen MR) is 68.8 cm³/mol. The summed E-state index contributed by atoms with van der Waals surface area (Å²) >= 11 is 0. The first-order chi connectivity index (χ1) is 8.87. The number of carbonyl (C=O) groups is 2. The van der Waals surface area contributed by atoms with E-state index in [4.69, 9.17) is 5.11 Å². The van der Waals surface area contributed by atoms with Gasteiger partial charge in [0.25, 0.3) is 0 Å². The van der Waals surface area contributed by atoms with Crippen molar-refractivity contribution < 1.29 is 19.8 Å². The molecule has 0 aliphatic heterocycles. The van der Waals surface area contributed by atoms with E-state index in [0.717, 1.165) is 19.3 Å². The number of likely N-dealkylation sites (N-methyl/N-ethyl adjacent to an activating group) is 1. The molecule has 108 valence electrons. The fourth-order valence-electron chi connectivity index (χ4n) is 2.93. The maximum Gasteiger partial charge on any atom is 0.329 e. The summed E-state index contributed by atoms with van der Waals surface area (Å²) in [5.74, 6) is -0.972. The molecule has 0 bridgehead atoms. The molecule has 0 radical (unpaired) electrons. The number of aliphatic hydroxyl groups is 1. The number of hydrogen-bond acceptors (Lipinski definition) is 3. The van der Waals surface area contributed by atoms with Gasteiger partial charge in [-0.1, -0.05) is 12.8 Å². The number of carboxylic acid groups (broad SMARTS) is 1. The second kappa shape index (κ2) is 5.00. The van der Waals surface area contributed by atoms with Gasteiger partial charge in [0.05, 0.1) is 12.1 Å². The maximum atomic E-state index is 12.0. The molecule has 6 nitrogen and oxygen atoms in total. The molecule has 2 aliphatic rings. The van der Waals surface area contributed by atoms with Crippen LogP contribution in [0.5, 0.6) is 0 Å². The summed E-state index contributed by atoms with van der Waals surface area (Å²) in [5, 5.41) is 22.0. The van der Waals surface area contributed by atoms with E-state index in [0.29, 0.717) is 25.7 Å². The molecule has 3 N–H and O–H groups in total. The third-order valence-corrected chi connectivity index (χ3v) is 4.38. The minimum atomic E-state index is -1.09. The average molecular weight is 270 g/mol. The Hall–Kier alpha value is -1.30. The molecule has 0 saturated heterocycles. The van der Waals surface area contributed by atoms with Gasteiger partial charge in [0, 0.05) is 7.05 Å². The first-order valence-corrected chi connectivity index (χ1v) is 6.86. The number of carbonyl (C=O) groups excluding carboxylic acids is 1. The Kier molecular flexibility index (Phi) is 3.71. The molecule has 0 atom stereocenters. The molecule has 0 spiro atoms. The molecule has 2 saturated carbocycles. The molecule has 2 aliphatic carbocycles. The Morgan fingerprint density at radius 3 is 2.16 bits per heavy atom. The van der Waals surface area contributed by atoms with Crippen LogP contribution in [0.4, 0.5) is 4.79 Å². The number of nitrogens with zero attached hydrogens (tertiary/aromatic N) is 1. The minimum Gasteiger partial charge on any atom is -0.480 e. The van der Waals surface area contributed by atoms with Crippen LogP contribution in [0.25, 0.3) is 0 Å². The zero-order valence-electron chi connectivity index (χ0n) is 11.3. The van der Waals surface area contributed by atoms with Gasteiger partial charge < -0.3 is 20.4 Å². The van der Waals surface area contributed by atoms with Crippen molar-refractivity contribution in [3.63, 3.8) is 0 Å². The van der Waals surface area contributed by atoms with Crippen molar-refractivity contribution in [2.24, 2.45) is 0 Å². The first-order valence-electron chi connectivity index (χ1n) is 6.86. The van der Waals surface area contributed by atoms with Crippen molar-refractivity contribution in [3.05, 3.63) is 0 Å². The van der Waals surface area contributed by atoms with Gasteiger partial charge in [-0.15, -0.1) is 0 Å². The molecule has 0 unspecified atom stereocenters. The molecular weight excluding hydrogens is 248 g/mol. The normalized spacial score (nSPS) is 23.5. The summed E-state index contributed by atoms with van der Waals surface area (Å²) in [6.07, 6.45) is 5.14. The number of rotatable bonds is 4. The number of nitrogens with one attached hydrogen (secondary N) is 1. The Morgan fingerprint density at radius 1 is 1.16 bits per heavy atom. The van der Waals surface area contributed by atoms with Crippen molar-refractivity contribution in [2.45, 2.75) is 56.1 Å². The molecule has 0 heterocycles. The van der Waals surface area contributed by atoms with Crippen LogP contribution in [0.15, 0.2) is 0 Å². The van der Waals surface area contributed by atoms with Gasteiger partial charge in [0.15, 0.2) is 0 Å². The standard InChI is InChI=1S/C13H22N2O4/c1-15(9-12(19)5-2-3-6-12)11(18)14-13(10(16)17)7-4-8-13/h19H,2-9H2,1H3,(H,14,18)(H,16,17). The second-order valence-corrected chi connectivity index (χ2v) is 5.96. The largest absolute Gasteiger partial charge is 0.480 e. The lowest BCUT2D eigenvalue weighted by molar-refractivity contribution is -0.148. The van der Waals surface area contributed by atoms with E-state index < -0.39 is 23.1 Å². The maximum absolute atomic E-state index is 12.0. The number of hydrogen-bond donors (Lipinski definition) is 3. The monoisotopic (exact) mass is 270 g/mol. The molecule has 6 heteroatoms. The predicted octanol–water partition coefficient (Wildman–Crippen LogP) is 0.940. The fraction of sp³-hybridized carbons (Fsp3) is 0.846. The Bertz CT molecular complexity index is 373. The van der Waals surface area contributed by atoms with Gasteiger partial charge >= 0.3 is 12.0 Å². The van der Waals surface area contributed by atoms with E-state index in [1.807, 2.05) is 0 Å². The van der Waals surface area contributed by atoms with Gasteiger partial charge in [-0.25, -0.2) is 9.59 Å². The van der Waals surface area contributed by atoms with Crippen LogP contribution in [-0.4, -0.2) is 51.8 Å². The van der Waals surface area contributed by atoms with Crippen molar-refractivity contribution in [2.75, 3.05) is 13.6 Å². The highest BCUT2D eigenvalue weighted by molar-refractivity contribution is 5.87. The summed E-state index contributed by atoms with van der Waals surface area (Å²) in [7, 11) is 1.60. The highest BCUT2D eigenvalue weighted by Crippen LogP contribution is 2.33. The Morgan fingerprint density at radius 2 is 1.74 bits per heavy atom. The molecule has 0 aromatic heterocycles. The number of amides is 2. The van der Waals surface area contributed by atoms with E-state index in [9.17, 15) is 14.7 Å². The average Bonchev–Trinajstić information content (AvgIpc) is 2.69. The third kappa shape index (κ3) is 2.83. The lowest BCUT2D eigenvalue weighted by Crippen LogP contribution is -2.62. The molecule has 19 heavy (non-hydrogen) atoms. The summed E-state index contributed by atoms with van der Waals surface area (Å²) in [4.78, 5) is 24.6. The second-order valence-electron chi connectivity index (χ2n) is 5.96. The fourth-order valence-corrected chi connectivity index (χ4v) is 2.93. The SMILES string of the molecule is CN(CC1(O)CCCC1)C(=O)NC1(C(=O)O)CCC1. The summed E-state index contributed by atoms with van der Waals surface area (Å²) in [6.45, 7) is 0.258. The number of carboxylic acids is 1. The van der Waals surface area contributed by atoms with Gasteiger partial charge in [-0.05, 0) is 32.1 Å². The Labute approximate surface area is 112 Å². The van der Waals surface area contributed by atoms with E-state index in [2.05, 4.69) is 5.32 Å². The zero-order valence-corrected chi connectivity index (χ0v) is 11.3. The zero-order chi connectivity index (χ0) is 14.1. The van der Waals surface area contributed by atoms with Crippen LogP contribution in [0, 0.1) is 0 Å². The van der Waals surface area contributed by atoms with E-state index in [-0.39, 0.29) is 6.54 Å². The quantitative estimate of drug-likeness (QED) is 0.709. The summed E-state index contributed by atoms with van der Waals surface area (Å²) in [6, 6.07) is -0.414. The van der Waals surface area contributed by atoms with Crippen LogP contribution >= 0.6 is 0 Å². The van der Waals surface area contributed by atoms with Crippen LogP contribution in [0.3, 0.4) is 0 Å². The Balaban J connectivity index is 1.90. The van der Waals surface area contributed by atoms with Crippen LogP contribution in [0.2, 0.25) is 0 Å². The van der Waals surface area contributed by atoms with Gasteiger partial charge in [-0.3, -0.25) is 0 Å². The van der Waals surface area contributed by atoms with E-state index >= 15 is 0 Å². The highest BCUT2D eigenvalue weighted by atomic mass is 16.4. The smallest absolute Gasteiger partial charge is 0.329 e. The van der Waals surface area contributed by atoms with Crippen molar-refractivity contribution in [3.8, 4) is 0 Å². The van der Waals surface area contributed by atoms with Gasteiger partial charge in [0.2, 0.25) is 0 Å². The third-order valence-electron chi connectivity index (χ3n) is 4.38. The lowest BCUT2D eigenvalue weighted by Gasteiger charge is -2.40. The molecule has 2 fully saturated rings.